The first kappa shape index (κ1) is 18.8. The number of nitrogens with zero attached hydrogens (tertiary/aromatic N) is 4. The second-order valence-corrected chi connectivity index (χ2v) is 7.39. The van der Waals surface area contributed by atoms with Crippen molar-refractivity contribution in [2.24, 2.45) is 0 Å². The third-order valence-corrected chi connectivity index (χ3v) is 5.25. The minimum absolute atomic E-state index is 0.495. The molecule has 0 N–H and O–H groups in total. The number of hydrogen-bond acceptors (Lipinski definition) is 4. The molecule has 0 amide bonds. The van der Waals surface area contributed by atoms with E-state index in [4.69, 9.17) is 11.6 Å². The summed E-state index contributed by atoms with van der Waals surface area (Å²) in [7, 11) is 0. The molecule has 2 aromatic carbocycles. The number of hydrogen-bond donors (Lipinski definition) is 0. The van der Waals surface area contributed by atoms with Crippen LogP contribution in [0.4, 0.5) is 13.2 Å². The summed E-state index contributed by atoms with van der Waals surface area (Å²) in [5.41, 5.74) is 1.55. The molecule has 0 aliphatic rings. The van der Waals surface area contributed by atoms with Crippen LogP contribution in [0.1, 0.15) is 11.1 Å². The van der Waals surface area contributed by atoms with E-state index in [2.05, 4.69) is 15.3 Å². The SMILES string of the molecule is FC(F)(F)c1ccc(CSc2ccc3nnc(-c4ccc(Cl)cc4)n3n2)cc1. The highest BCUT2D eigenvalue weighted by molar-refractivity contribution is 7.98. The summed E-state index contributed by atoms with van der Waals surface area (Å²) < 4.78 is 39.6. The predicted molar refractivity (Wildman–Crippen MR) is 102 cm³/mol. The van der Waals surface area contributed by atoms with E-state index in [-0.39, 0.29) is 0 Å². The molecule has 0 unspecified atom stereocenters. The van der Waals surface area contributed by atoms with Gasteiger partial charge in [0.2, 0.25) is 0 Å². The van der Waals surface area contributed by atoms with Gasteiger partial charge < -0.3 is 0 Å². The van der Waals surface area contributed by atoms with E-state index in [0.29, 0.717) is 27.3 Å². The van der Waals surface area contributed by atoms with Gasteiger partial charge in [-0.15, -0.1) is 10.2 Å². The van der Waals surface area contributed by atoms with Crippen molar-refractivity contribution < 1.29 is 13.2 Å². The fourth-order valence-corrected chi connectivity index (χ4v) is 3.51. The molecule has 0 radical (unpaired) electrons. The molecule has 0 atom stereocenters. The number of fused-ring (bicyclic) bond motifs is 1. The molecule has 0 aliphatic carbocycles. The van der Waals surface area contributed by atoms with Gasteiger partial charge >= 0.3 is 6.18 Å². The van der Waals surface area contributed by atoms with Crippen LogP contribution in [0.2, 0.25) is 5.02 Å². The Morgan fingerprint density at radius 3 is 2.29 bits per heavy atom. The van der Waals surface area contributed by atoms with E-state index >= 15 is 0 Å². The summed E-state index contributed by atoms with van der Waals surface area (Å²) in [5.74, 6) is 1.08. The Hall–Kier alpha value is -2.58. The maximum atomic E-state index is 12.7. The van der Waals surface area contributed by atoms with E-state index in [1.807, 2.05) is 18.2 Å². The van der Waals surface area contributed by atoms with Crippen molar-refractivity contribution in [1.29, 1.82) is 0 Å². The van der Waals surface area contributed by atoms with Gasteiger partial charge in [0.05, 0.1) is 5.56 Å². The zero-order chi connectivity index (χ0) is 19.7. The average Bonchev–Trinajstić information content (AvgIpc) is 3.10. The van der Waals surface area contributed by atoms with Gasteiger partial charge in [-0.3, -0.25) is 0 Å². The fourth-order valence-electron chi connectivity index (χ4n) is 2.58. The maximum absolute atomic E-state index is 12.7. The Kier molecular flexibility index (Phi) is 4.99. The fraction of sp³-hybridized carbons (Fsp3) is 0.105. The minimum atomic E-state index is -4.33. The van der Waals surface area contributed by atoms with Crippen molar-refractivity contribution >= 4 is 29.0 Å². The van der Waals surface area contributed by atoms with Gasteiger partial charge in [0.15, 0.2) is 11.5 Å². The molecule has 142 valence electrons. The zero-order valence-electron chi connectivity index (χ0n) is 14.2. The van der Waals surface area contributed by atoms with E-state index < -0.39 is 11.7 Å². The maximum Gasteiger partial charge on any atom is 0.416 e. The molecule has 0 bridgehead atoms. The van der Waals surface area contributed by atoms with Crippen LogP contribution < -0.4 is 0 Å². The second-order valence-electron chi connectivity index (χ2n) is 5.96. The molecule has 4 rings (SSSR count). The van der Waals surface area contributed by atoms with E-state index in [0.717, 1.165) is 23.3 Å². The first-order valence-corrected chi connectivity index (χ1v) is 9.54. The van der Waals surface area contributed by atoms with Gasteiger partial charge in [0.1, 0.15) is 5.03 Å². The number of benzene rings is 2. The van der Waals surface area contributed by atoms with Gasteiger partial charge in [0, 0.05) is 16.3 Å². The number of rotatable bonds is 4. The molecule has 4 nitrogen and oxygen atoms in total. The molecule has 9 heteroatoms. The van der Waals surface area contributed by atoms with E-state index in [1.54, 1.807) is 22.7 Å². The summed E-state index contributed by atoms with van der Waals surface area (Å²) in [6.45, 7) is 0. The largest absolute Gasteiger partial charge is 0.416 e. The second kappa shape index (κ2) is 7.44. The lowest BCUT2D eigenvalue weighted by Gasteiger charge is -2.07. The standard InChI is InChI=1S/C19H12ClF3N4S/c20-15-7-3-13(4-8-15)18-25-24-16-9-10-17(26-27(16)18)28-11-12-1-5-14(6-2-12)19(21,22)23/h1-10H,11H2. The molecular formula is C19H12ClF3N4S. The first-order valence-electron chi connectivity index (χ1n) is 8.17. The normalized spacial score (nSPS) is 11.9. The van der Waals surface area contributed by atoms with Crippen LogP contribution in [-0.4, -0.2) is 19.8 Å². The quantitative estimate of drug-likeness (QED) is 0.394. The number of aromatic nitrogens is 4. The van der Waals surface area contributed by atoms with E-state index in [9.17, 15) is 13.2 Å². The van der Waals surface area contributed by atoms with Crippen molar-refractivity contribution in [3.63, 3.8) is 0 Å². The van der Waals surface area contributed by atoms with Crippen molar-refractivity contribution in [3.8, 4) is 11.4 Å². The molecule has 0 spiro atoms. The van der Waals surface area contributed by atoms with Crippen LogP contribution in [0.15, 0.2) is 65.7 Å². The van der Waals surface area contributed by atoms with Gasteiger partial charge in [-0.1, -0.05) is 35.5 Å². The third-order valence-electron chi connectivity index (χ3n) is 4.01. The van der Waals surface area contributed by atoms with Crippen molar-refractivity contribution in [3.05, 3.63) is 76.8 Å². The summed E-state index contributed by atoms with van der Waals surface area (Å²) in [5, 5.41) is 14.2. The molecule has 28 heavy (non-hydrogen) atoms. The van der Waals surface area contributed by atoms with Gasteiger partial charge in [-0.25, -0.2) is 0 Å². The van der Waals surface area contributed by atoms with Crippen molar-refractivity contribution in [1.82, 2.24) is 19.8 Å². The number of alkyl halides is 3. The van der Waals surface area contributed by atoms with E-state index in [1.165, 1.54) is 23.9 Å². The summed E-state index contributed by atoms with van der Waals surface area (Å²) in [6.07, 6.45) is -4.33. The zero-order valence-corrected chi connectivity index (χ0v) is 15.8. The van der Waals surface area contributed by atoms with Crippen LogP contribution in [0.25, 0.3) is 17.0 Å². The van der Waals surface area contributed by atoms with Crippen molar-refractivity contribution in [2.75, 3.05) is 0 Å². The smallest absolute Gasteiger partial charge is 0.192 e. The summed E-state index contributed by atoms with van der Waals surface area (Å²) in [4.78, 5) is 0. The Labute approximate surface area is 167 Å². The number of halogens is 4. The lowest BCUT2D eigenvalue weighted by molar-refractivity contribution is -0.137. The Bertz CT molecular complexity index is 1110. The number of thioether (sulfide) groups is 1. The lowest BCUT2D eigenvalue weighted by Crippen LogP contribution is -2.04. The van der Waals surface area contributed by atoms with Gasteiger partial charge in [-0.2, -0.15) is 22.8 Å². The van der Waals surface area contributed by atoms with Crippen LogP contribution in [-0.2, 0) is 11.9 Å². The lowest BCUT2D eigenvalue weighted by atomic mass is 10.1. The van der Waals surface area contributed by atoms with Crippen LogP contribution in [0, 0.1) is 0 Å². The summed E-state index contributed by atoms with van der Waals surface area (Å²) >= 11 is 7.35. The Morgan fingerprint density at radius 1 is 0.893 bits per heavy atom. The highest BCUT2D eigenvalue weighted by atomic mass is 35.5. The average molecular weight is 421 g/mol. The van der Waals surface area contributed by atoms with Crippen LogP contribution in [0.3, 0.4) is 0 Å². The molecule has 2 heterocycles. The van der Waals surface area contributed by atoms with Crippen LogP contribution >= 0.6 is 23.4 Å². The molecule has 0 fully saturated rings. The highest BCUT2D eigenvalue weighted by Crippen LogP contribution is 2.30. The third kappa shape index (κ3) is 3.98. The molecule has 4 aromatic rings. The first-order chi connectivity index (χ1) is 13.4. The highest BCUT2D eigenvalue weighted by Gasteiger charge is 2.29. The molecular weight excluding hydrogens is 409 g/mol. The minimum Gasteiger partial charge on any atom is -0.192 e. The summed E-state index contributed by atoms with van der Waals surface area (Å²) in [6, 6.07) is 15.9. The predicted octanol–water partition coefficient (Wildman–Crippen LogP) is 5.76. The van der Waals surface area contributed by atoms with Gasteiger partial charge in [0.25, 0.3) is 0 Å². The molecule has 0 saturated heterocycles. The van der Waals surface area contributed by atoms with Gasteiger partial charge in [-0.05, 0) is 54.1 Å². The monoisotopic (exact) mass is 420 g/mol. The Morgan fingerprint density at radius 2 is 1.61 bits per heavy atom. The molecule has 0 aliphatic heterocycles. The van der Waals surface area contributed by atoms with Crippen molar-refractivity contribution in [2.45, 2.75) is 17.0 Å². The van der Waals surface area contributed by atoms with Crippen LogP contribution in [0.5, 0.6) is 0 Å². The topological polar surface area (TPSA) is 43.1 Å². The Balaban J connectivity index is 1.55. The molecule has 2 aromatic heterocycles. The molecule has 0 saturated carbocycles.